The molecule has 6 rings (SSSR count). The van der Waals surface area contributed by atoms with Gasteiger partial charge in [-0.25, -0.2) is 4.98 Å². The number of thioether (sulfide) groups is 1. The van der Waals surface area contributed by atoms with Crippen molar-refractivity contribution in [1.82, 2.24) is 10.3 Å². The van der Waals surface area contributed by atoms with E-state index in [9.17, 15) is 9.90 Å². The second-order valence-corrected chi connectivity index (χ2v) is 10.7. The minimum absolute atomic E-state index is 0.0640. The lowest BCUT2D eigenvalue weighted by molar-refractivity contribution is -0.136. The van der Waals surface area contributed by atoms with Gasteiger partial charge in [0.25, 0.3) is 5.91 Å². The average Bonchev–Trinajstić information content (AvgIpc) is 2.70. The normalized spacial score (nSPS) is 31.7. The van der Waals surface area contributed by atoms with Crippen LogP contribution >= 0.6 is 23.4 Å². The van der Waals surface area contributed by atoms with Gasteiger partial charge in [-0.15, -0.1) is 11.8 Å². The van der Waals surface area contributed by atoms with Crippen LogP contribution in [0.5, 0.6) is 0 Å². The molecular formula is C24H27ClN2O2S. The quantitative estimate of drug-likeness (QED) is 0.501. The van der Waals surface area contributed by atoms with Crippen molar-refractivity contribution < 1.29 is 9.90 Å². The van der Waals surface area contributed by atoms with E-state index in [4.69, 9.17) is 11.6 Å². The first-order chi connectivity index (χ1) is 14.5. The highest BCUT2D eigenvalue weighted by molar-refractivity contribution is 7.99. The molecule has 1 aromatic heterocycles. The average molecular weight is 443 g/mol. The molecule has 2 aromatic rings. The number of rotatable bonds is 6. The Kier molecular flexibility index (Phi) is 5.55. The summed E-state index contributed by atoms with van der Waals surface area (Å²) in [5, 5.41) is 15.2. The van der Waals surface area contributed by atoms with Crippen molar-refractivity contribution in [2.45, 2.75) is 55.2 Å². The number of aryl methyl sites for hydroxylation is 1. The van der Waals surface area contributed by atoms with Crippen molar-refractivity contribution in [2.24, 2.45) is 17.8 Å². The van der Waals surface area contributed by atoms with Gasteiger partial charge in [0.15, 0.2) is 0 Å². The molecular weight excluding hydrogens is 416 g/mol. The number of nitrogens with one attached hydrogen (secondary N) is 1. The summed E-state index contributed by atoms with van der Waals surface area (Å²) in [6.45, 7) is 0. The van der Waals surface area contributed by atoms with Gasteiger partial charge in [-0.1, -0.05) is 41.9 Å². The van der Waals surface area contributed by atoms with E-state index in [2.05, 4.69) is 22.4 Å². The molecule has 2 unspecified atom stereocenters. The second kappa shape index (κ2) is 8.18. The first-order valence-corrected chi connectivity index (χ1v) is 12.2. The lowest BCUT2D eigenvalue weighted by Gasteiger charge is -2.58. The molecule has 1 aromatic carbocycles. The highest BCUT2D eigenvalue weighted by atomic mass is 35.5. The Morgan fingerprint density at radius 2 is 1.87 bits per heavy atom. The van der Waals surface area contributed by atoms with Gasteiger partial charge >= 0.3 is 0 Å². The molecule has 30 heavy (non-hydrogen) atoms. The summed E-state index contributed by atoms with van der Waals surface area (Å²) in [7, 11) is 0. The van der Waals surface area contributed by atoms with E-state index in [1.54, 1.807) is 23.9 Å². The van der Waals surface area contributed by atoms with Crippen LogP contribution in [0.4, 0.5) is 0 Å². The maximum Gasteiger partial charge on any atom is 0.254 e. The van der Waals surface area contributed by atoms with Gasteiger partial charge in [0.05, 0.1) is 11.2 Å². The Hall–Kier alpha value is -1.56. The summed E-state index contributed by atoms with van der Waals surface area (Å²) in [4.78, 5) is 17.7. The zero-order valence-corrected chi connectivity index (χ0v) is 18.5. The summed E-state index contributed by atoms with van der Waals surface area (Å²) in [5.41, 5.74) is 1.38. The van der Waals surface area contributed by atoms with E-state index >= 15 is 0 Å². The zero-order chi connectivity index (χ0) is 20.7. The molecule has 6 heteroatoms. The third kappa shape index (κ3) is 4.12. The first-order valence-electron chi connectivity index (χ1n) is 10.9. The fraction of sp³-hybridized carbons (Fsp3) is 0.500. The number of benzene rings is 1. The van der Waals surface area contributed by atoms with Crippen LogP contribution in [0.15, 0.2) is 47.5 Å². The maximum absolute atomic E-state index is 13.2. The largest absolute Gasteiger partial charge is 0.390 e. The molecule has 4 saturated carbocycles. The molecule has 2 atom stereocenters. The van der Waals surface area contributed by atoms with Crippen LogP contribution in [-0.2, 0) is 6.42 Å². The highest BCUT2D eigenvalue weighted by Crippen LogP contribution is 2.55. The third-order valence-corrected chi connectivity index (χ3v) is 8.29. The van der Waals surface area contributed by atoms with Gasteiger partial charge in [-0.2, -0.15) is 0 Å². The molecule has 1 heterocycles. The lowest BCUT2D eigenvalue weighted by atomic mass is 9.52. The SMILES string of the molecule is O=C(NC1C2CC3CC1CC(O)(C3)C2)c1ccc(Cl)nc1SCCc1ccccc1. The topological polar surface area (TPSA) is 62.2 Å². The number of amides is 1. The Labute approximate surface area is 186 Å². The number of carbonyl (C=O) groups is 1. The molecule has 4 aliphatic carbocycles. The van der Waals surface area contributed by atoms with Gasteiger partial charge in [0.1, 0.15) is 10.2 Å². The van der Waals surface area contributed by atoms with Crippen molar-refractivity contribution in [2.75, 3.05) is 5.75 Å². The maximum atomic E-state index is 13.2. The van der Waals surface area contributed by atoms with Gasteiger partial charge < -0.3 is 10.4 Å². The van der Waals surface area contributed by atoms with Crippen LogP contribution in [0.2, 0.25) is 5.15 Å². The predicted molar refractivity (Wildman–Crippen MR) is 120 cm³/mol. The van der Waals surface area contributed by atoms with Gasteiger partial charge in [-0.05, 0) is 74.0 Å². The van der Waals surface area contributed by atoms with E-state index in [1.807, 2.05) is 18.2 Å². The van der Waals surface area contributed by atoms with Crippen molar-refractivity contribution in [3.8, 4) is 0 Å². The summed E-state index contributed by atoms with van der Waals surface area (Å²) >= 11 is 7.72. The molecule has 2 N–H and O–H groups in total. The smallest absolute Gasteiger partial charge is 0.254 e. The molecule has 0 spiro atoms. The van der Waals surface area contributed by atoms with E-state index in [0.29, 0.717) is 33.5 Å². The number of hydrogen-bond acceptors (Lipinski definition) is 4. The fourth-order valence-corrected chi connectivity index (χ4v) is 7.27. The Morgan fingerprint density at radius 3 is 2.57 bits per heavy atom. The fourth-order valence-electron chi connectivity index (χ4n) is 6.06. The highest BCUT2D eigenvalue weighted by Gasteiger charge is 2.55. The number of pyridine rings is 1. The van der Waals surface area contributed by atoms with Crippen LogP contribution in [-0.4, -0.2) is 33.4 Å². The Bertz CT molecular complexity index is 922. The second-order valence-electron chi connectivity index (χ2n) is 9.26. The minimum Gasteiger partial charge on any atom is -0.390 e. The number of carbonyl (C=O) groups excluding carboxylic acids is 1. The van der Waals surface area contributed by atoms with Crippen LogP contribution in [0.25, 0.3) is 0 Å². The molecule has 1 amide bonds. The Morgan fingerprint density at radius 1 is 1.13 bits per heavy atom. The minimum atomic E-state index is -0.488. The van der Waals surface area contributed by atoms with Gasteiger partial charge in [0, 0.05) is 11.8 Å². The van der Waals surface area contributed by atoms with Crippen molar-refractivity contribution in [3.63, 3.8) is 0 Å². The van der Waals surface area contributed by atoms with E-state index in [1.165, 1.54) is 5.56 Å². The van der Waals surface area contributed by atoms with Gasteiger partial charge in [-0.3, -0.25) is 4.79 Å². The summed E-state index contributed by atoms with van der Waals surface area (Å²) in [5.74, 6) is 2.17. The number of aromatic nitrogens is 1. The summed E-state index contributed by atoms with van der Waals surface area (Å²) in [6.07, 6.45) is 5.76. The zero-order valence-electron chi connectivity index (χ0n) is 16.9. The van der Waals surface area contributed by atoms with Crippen LogP contribution in [0, 0.1) is 17.8 Å². The molecule has 4 nitrogen and oxygen atoms in total. The van der Waals surface area contributed by atoms with Crippen molar-refractivity contribution in [1.29, 1.82) is 0 Å². The predicted octanol–water partition coefficient (Wildman–Crippen LogP) is 4.74. The summed E-state index contributed by atoms with van der Waals surface area (Å²) < 4.78 is 0. The van der Waals surface area contributed by atoms with Crippen LogP contribution < -0.4 is 5.32 Å². The molecule has 4 fully saturated rings. The van der Waals surface area contributed by atoms with Crippen molar-refractivity contribution >= 4 is 29.3 Å². The number of halogens is 1. The molecule has 4 bridgehead atoms. The number of aliphatic hydroxyl groups is 1. The molecule has 158 valence electrons. The Balaban J connectivity index is 1.27. The van der Waals surface area contributed by atoms with E-state index < -0.39 is 5.60 Å². The van der Waals surface area contributed by atoms with Crippen LogP contribution in [0.1, 0.15) is 48.0 Å². The molecule has 0 radical (unpaired) electrons. The van der Waals surface area contributed by atoms with E-state index in [-0.39, 0.29) is 11.9 Å². The van der Waals surface area contributed by atoms with E-state index in [0.717, 1.165) is 44.3 Å². The van der Waals surface area contributed by atoms with Crippen LogP contribution in [0.3, 0.4) is 0 Å². The summed E-state index contributed by atoms with van der Waals surface area (Å²) in [6, 6.07) is 14.0. The molecule has 0 aliphatic heterocycles. The monoisotopic (exact) mass is 442 g/mol. The molecule has 0 saturated heterocycles. The van der Waals surface area contributed by atoms with Gasteiger partial charge in [0.2, 0.25) is 0 Å². The third-order valence-electron chi connectivity index (χ3n) is 7.08. The first kappa shape index (κ1) is 20.3. The van der Waals surface area contributed by atoms with Crippen molar-refractivity contribution in [3.05, 3.63) is 58.7 Å². The molecule has 4 aliphatic rings. The number of hydrogen-bond donors (Lipinski definition) is 2. The lowest BCUT2D eigenvalue weighted by Crippen LogP contribution is -2.61. The number of nitrogens with zero attached hydrogens (tertiary/aromatic N) is 1. The standard InChI is InChI=1S/C24H27ClN2O2S/c25-20-7-6-19(23(26-20)30-9-8-15-4-2-1-3-5-15)22(28)27-21-17-10-16-11-18(21)14-24(29,12-16)13-17/h1-7,16-18,21,29H,8-14H2,(H,27,28).